The average Bonchev–Trinajstić information content (AvgIpc) is 2.77. The van der Waals surface area contributed by atoms with Crippen molar-refractivity contribution in [3.05, 3.63) is 103 Å². The second kappa shape index (κ2) is 7.21. The third kappa shape index (κ3) is 3.01. The van der Waals surface area contributed by atoms with Crippen LogP contribution in [0.3, 0.4) is 0 Å². The number of benzene rings is 5. The molecule has 138 valence electrons. The highest BCUT2D eigenvalue weighted by Crippen LogP contribution is 2.35. The van der Waals surface area contributed by atoms with E-state index in [0.717, 1.165) is 43.8 Å². The molecule has 29 heavy (non-hydrogen) atoms. The fourth-order valence-electron chi connectivity index (χ4n) is 4.22. The maximum absolute atomic E-state index is 10.3. The van der Waals surface area contributed by atoms with Crippen LogP contribution in [0, 0.1) is 0 Å². The quantitative estimate of drug-likeness (QED) is 0.344. The predicted molar refractivity (Wildman–Crippen MR) is 122 cm³/mol. The molecule has 0 saturated carbocycles. The van der Waals surface area contributed by atoms with Gasteiger partial charge >= 0.3 is 7.12 Å². The first-order valence-corrected chi connectivity index (χ1v) is 9.69. The Balaban J connectivity index is 1.94. The first kappa shape index (κ1) is 17.7. The van der Waals surface area contributed by atoms with Crippen LogP contribution >= 0.6 is 0 Å². The van der Waals surface area contributed by atoms with Gasteiger partial charge in [-0.25, -0.2) is 0 Å². The summed E-state index contributed by atoms with van der Waals surface area (Å²) in [7, 11) is -1.56. The summed E-state index contributed by atoms with van der Waals surface area (Å²) < 4.78 is 0. The van der Waals surface area contributed by atoms with Gasteiger partial charge in [0, 0.05) is 0 Å². The molecule has 0 heterocycles. The largest absolute Gasteiger partial charge is 0.489 e. The van der Waals surface area contributed by atoms with Crippen molar-refractivity contribution in [3.8, 4) is 22.3 Å². The van der Waals surface area contributed by atoms with Crippen molar-refractivity contribution >= 4 is 34.1 Å². The van der Waals surface area contributed by atoms with Gasteiger partial charge in [-0.2, -0.15) is 0 Å². The van der Waals surface area contributed by atoms with Gasteiger partial charge in [0.2, 0.25) is 0 Å². The molecule has 0 aliphatic heterocycles. The van der Waals surface area contributed by atoms with Crippen LogP contribution in [0.4, 0.5) is 0 Å². The van der Waals surface area contributed by atoms with E-state index in [9.17, 15) is 10.0 Å². The van der Waals surface area contributed by atoms with Gasteiger partial charge in [-0.15, -0.1) is 0 Å². The Morgan fingerprint density at radius 3 is 1.31 bits per heavy atom. The number of hydrogen-bond donors (Lipinski definition) is 2. The van der Waals surface area contributed by atoms with E-state index in [1.165, 1.54) is 0 Å². The van der Waals surface area contributed by atoms with Gasteiger partial charge in [-0.05, 0) is 55.3 Å². The highest BCUT2D eigenvalue weighted by Gasteiger charge is 2.21. The Morgan fingerprint density at radius 2 is 0.897 bits per heavy atom. The van der Waals surface area contributed by atoms with Crippen LogP contribution < -0.4 is 5.46 Å². The van der Waals surface area contributed by atoms with Gasteiger partial charge in [-0.3, -0.25) is 0 Å². The summed E-state index contributed by atoms with van der Waals surface area (Å²) in [4.78, 5) is 0. The summed E-state index contributed by atoms with van der Waals surface area (Å²) in [6.07, 6.45) is 0. The standard InChI is InChI=1S/C26H19BO2/c28-27(29)26-22-15-7-13-20(18-9-3-1-4-10-18)24(22)17-25-21(14-8-16-23(25)26)19-11-5-2-6-12-19/h1-17,28-29H. The molecule has 0 saturated heterocycles. The predicted octanol–water partition coefficient (Wildman–Crippen LogP) is 5.01. The summed E-state index contributed by atoms with van der Waals surface area (Å²) in [6.45, 7) is 0. The summed E-state index contributed by atoms with van der Waals surface area (Å²) >= 11 is 0. The smallest absolute Gasteiger partial charge is 0.423 e. The summed E-state index contributed by atoms with van der Waals surface area (Å²) in [5.41, 5.74) is 4.92. The van der Waals surface area contributed by atoms with E-state index in [0.29, 0.717) is 5.46 Å². The lowest BCUT2D eigenvalue weighted by molar-refractivity contribution is 0.426. The zero-order valence-electron chi connectivity index (χ0n) is 15.8. The van der Waals surface area contributed by atoms with E-state index >= 15 is 0 Å². The second-order valence-electron chi connectivity index (χ2n) is 7.20. The van der Waals surface area contributed by atoms with Crippen LogP contribution in [-0.2, 0) is 0 Å². The van der Waals surface area contributed by atoms with Gasteiger partial charge < -0.3 is 10.0 Å². The molecule has 2 nitrogen and oxygen atoms in total. The Labute approximate surface area is 169 Å². The van der Waals surface area contributed by atoms with Crippen molar-refractivity contribution < 1.29 is 10.0 Å². The summed E-state index contributed by atoms with van der Waals surface area (Å²) in [5, 5.41) is 24.3. The van der Waals surface area contributed by atoms with Crippen molar-refractivity contribution in [2.75, 3.05) is 0 Å². The Kier molecular flexibility index (Phi) is 4.40. The van der Waals surface area contributed by atoms with Gasteiger partial charge in [0.1, 0.15) is 0 Å². The normalized spacial score (nSPS) is 11.1. The van der Waals surface area contributed by atoms with Crippen LogP contribution in [0.15, 0.2) is 103 Å². The molecule has 5 aromatic carbocycles. The number of rotatable bonds is 3. The van der Waals surface area contributed by atoms with Crippen molar-refractivity contribution in [1.29, 1.82) is 0 Å². The van der Waals surface area contributed by atoms with Crippen LogP contribution in [0.25, 0.3) is 43.8 Å². The van der Waals surface area contributed by atoms with Crippen molar-refractivity contribution in [2.24, 2.45) is 0 Å². The lowest BCUT2D eigenvalue weighted by Crippen LogP contribution is -2.31. The van der Waals surface area contributed by atoms with Crippen molar-refractivity contribution in [3.63, 3.8) is 0 Å². The van der Waals surface area contributed by atoms with Crippen LogP contribution in [0.2, 0.25) is 0 Å². The molecular formula is C26H19BO2. The van der Waals surface area contributed by atoms with Crippen molar-refractivity contribution in [2.45, 2.75) is 0 Å². The SMILES string of the molecule is OB(O)c1c2cccc(-c3ccccc3)c2cc2c(-c3ccccc3)cccc12. The molecule has 3 heteroatoms. The van der Waals surface area contributed by atoms with E-state index in [-0.39, 0.29) is 0 Å². The van der Waals surface area contributed by atoms with E-state index in [4.69, 9.17) is 0 Å². The first-order chi connectivity index (χ1) is 14.2. The topological polar surface area (TPSA) is 40.5 Å². The highest BCUT2D eigenvalue weighted by molar-refractivity contribution is 6.65. The lowest BCUT2D eigenvalue weighted by atomic mass is 9.72. The minimum absolute atomic E-state index is 0.549. The molecule has 0 aliphatic rings. The summed E-state index contributed by atoms with van der Waals surface area (Å²) in [5.74, 6) is 0. The Hall–Kier alpha value is -3.40. The Bertz CT molecular complexity index is 1220. The third-order valence-electron chi connectivity index (χ3n) is 5.51. The van der Waals surface area contributed by atoms with E-state index in [1.807, 2.05) is 60.7 Å². The second-order valence-corrected chi connectivity index (χ2v) is 7.20. The van der Waals surface area contributed by atoms with Crippen molar-refractivity contribution in [1.82, 2.24) is 0 Å². The van der Waals surface area contributed by atoms with Crippen LogP contribution in [0.5, 0.6) is 0 Å². The van der Waals surface area contributed by atoms with E-state index in [1.54, 1.807) is 0 Å². The molecule has 5 rings (SSSR count). The van der Waals surface area contributed by atoms with E-state index < -0.39 is 7.12 Å². The van der Waals surface area contributed by atoms with Gasteiger partial charge in [0.05, 0.1) is 0 Å². The third-order valence-corrected chi connectivity index (χ3v) is 5.51. The maximum Gasteiger partial charge on any atom is 0.489 e. The fraction of sp³-hybridized carbons (Fsp3) is 0. The molecule has 2 N–H and O–H groups in total. The molecule has 5 aromatic rings. The lowest BCUT2D eigenvalue weighted by Gasteiger charge is -2.16. The van der Waals surface area contributed by atoms with Gasteiger partial charge in [0.15, 0.2) is 0 Å². The van der Waals surface area contributed by atoms with Gasteiger partial charge in [-0.1, -0.05) is 97.1 Å². The van der Waals surface area contributed by atoms with Gasteiger partial charge in [0.25, 0.3) is 0 Å². The van der Waals surface area contributed by atoms with Crippen LogP contribution in [-0.4, -0.2) is 17.2 Å². The zero-order valence-corrected chi connectivity index (χ0v) is 15.8. The molecule has 0 unspecified atom stereocenters. The highest BCUT2D eigenvalue weighted by atomic mass is 16.4. The molecule has 0 aromatic heterocycles. The number of hydrogen-bond acceptors (Lipinski definition) is 2. The zero-order chi connectivity index (χ0) is 19.8. The maximum atomic E-state index is 10.3. The molecule has 0 radical (unpaired) electrons. The Morgan fingerprint density at radius 1 is 0.448 bits per heavy atom. The minimum Gasteiger partial charge on any atom is -0.423 e. The first-order valence-electron chi connectivity index (χ1n) is 9.69. The molecular weight excluding hydrogens is 355 g/mol. The molecule has 0 spiro atoms. The summed E-state index contributed by atoms with van der Waals surface area (Å²) in [6, 6.07) is 34.6. The van der Waals surface area contributed by atoms with E-state index in [2.05, 4.69) is 42.5 Å². The molecule has 0 aliphatic carbocycles. The number of fused-ring (bicyclic) bond motifs is 2. The molecule has 0 bridgehead atoms. The molecule has 0 fully saturated rings. The fourth-order valence-corrected chi connectivity index (χ4v) is 4.22. The van der Waals surface area contributed by atoms with Crippen LogP contribution in [0.1, 0.15) is 0 Å². The molecule has 0 amide bonds. The molecule has 0 atom stereocenters. The average molecular weight is 374 g/mol. The minimum atomic E-state index is -1.56. The monoisotopic (exact) mass is 374 g/mol.